The zero-order valence-corrected chi connectivity index (χ0v) is 16.3. The number of nitrogens with zero attached hydrogens (tertiary/aromatic N) is 2. The summed E-state index contributed by atoms with van der Waals surface area (Å²) in [5, 5.41) is 3.36. The van der Waals surface area contributed by atoms with E-state index in [0.29, 0.717) is 25.7 Å². The number of hydrogen-bond donors (Lipinski definition) is 1. The lowest BCUT2D eigenvalue weighted by Crippen LogP contribution is -2.40. The van der Waals surface area contributed by atoms with Crippen LogP contribution in [0.2, 0.25) is 0 Å². The van der Waals surface area contributed by atoms with Gasteiger partial charge < -0.3 is 24.1 Å². The van der Waals surface area contributed by atoms with Gasteiger partial charge >= 0.3 is 0 Å². The van der Waals surface area contributed by atoms with Gasteiger partial charge in [-0.05, 0) is 25.5 Å². The lowest BCUT2D eigenvalue weighted by Gasteiger charge is -2.21. The van der Waals surface area contributed by atoms with Gasteiger partial charge in [-0.25, -0.2) is 4.99 Å². The van der Waals surface area contributed by atoms with Crippen molar-refractivity contribution in [1.29, 1.82) is 0 Å². The summed E-state index contributed by atoms with van der Waals surface area (Å²) in [4.78, 5) is 6.96. The number of aliphatic imine (C=N–C) groups is 1. The molecule has 1 aliphatic heterocycles. The summed E-state index contributed by atoms with van der Waals surface area (Å²) in [6.45, 7) is 7.63. The third-order valence-corrected chi connectivity index (χ3v) is 3.67. The normalized spacial score (nSPS) is 18.1. The largest absolute Gasteiger partial charge is 0.467 e. The third kappa shape index (κ3) is 7.09. The van der Waals surface area contributed by atoms with Crippen molar-refractivity contribution < 1.29 is 13.9 Å². The molecule has 6 nitrogen and oxygen atoms in total. The van der Waals surface area contributed by atoms with Gasteiger partial charge in [0.05, 0.1) is 26.1 Å². The molecule has 1 unspecified atom stereocenters. The van der Waals surface area contributed by atoms with E-state index in [1.54, 1.807) is 13.4 Å². The second-order valence-electron chi connectivity index (χ2n) is 5.42. The minimum absolute atomic E-state index is 0. The Bertz CT molecular complexity index is 440. The zero-order chi connectivity index (χ0) is 15.6. The number of ether oxygens (including phenoxy) is 2. The first-order chi connectivity index (χ1) is 10.8. The van der Waals surface area contributed by atoms with E-state index in [1.807, 2.05) is 12.1 Å². The highest BCUT2D eigenvalue weighted by Crippen LogP contribution is 2.17. The van der Waals surface area contributed by atoms with Crippen molar-refractivity contribution in [3.63, 3.8) is 0 Å². The first kappa shape index (κ1) is 20.2. The minimum Gasteiger partial charge on any atom is -0.467 e. The molecule has 0 aromatic carbocycles. The van der Waals surface area contributed by atoms with Crippen LogP contribution in [0.3, 0.4) is 0 Å². The van der Waals surface area contributed by atoms with Gasteiger partial charge in [-0.3, -0.25) is 0 Å². The predicted octanol–water partition coefficient (Wildman–Crippen LogP) is 2.35. The molecule has 1 saturated heterocycles. The number of halogens is 1. The number of likely N-dealkylation sites (tertiary alicyclic amines) is 1. The van der Waals surface area contributed by atoms with Gasteiger partial charge in [-0.15, -0.1) is 24.0 Å². The molecule has 0 amide bonds. The molecular formula is C16H28IN3O3. The second-order valence-corrected chi connectivity index (χ2v) is 5.42. The Balaban J connectivity index is 0.00000264. The van der Waals surface area contributed by atoms with E-state index in [9.17, 15) is 0 Å². The lowest BCUT2D eigenvalue weighted by molar-refractivity contribution is 0.0536. The van der Waals surface area contributed by atoms with Crippen molar-refractivity contribution in [3.8, 4) is 0 Å². The van der Waals surface area contributed by atoms with Crippen LogP contribution in [0.1, 0.15) is 19.1 Å². The Labute approximate surface area is 155 Å². The first-order valence-electron chi connectivity index (χ1n) is 7.95. The van der Waals surface area contributed by atoms with Crippen LogP contribution in [0.25, 0.3) is 0 Å². The summed E-state index contributed by atoms with van der Waals surface area (Å²) in [6.07, 6.45) is 2.82. The molecule has 1 fully saturated rings. The van der Waals surface area contributed by atoms with Crippen LogP contribution in [0, 0.1) is 5.92 Å². The number of nitrogens with one attached hydrogen (secondary N) is 1. The van der Waals surface area contributed by atoms with Crippen LogP contribution in [-0.4, -0.2) is 57.4 Å². The van der Waals surface area contributed by atoms with E-state index in [2.05, 4.69) is 22.1 Å². The smallest absolute Gasteiger partial charge is 0.194 e. The summed E-state index contributed by atoms with van der Waals surface area (Å²) in [5.74, 6) is 2.40. The van der Waals surface area contributed by atoms with Crippen molar-refractivity contribution in [2.24, 2.45) is 10.9 Å². The van der Waals surface area contributed by atoms with E-state index in [-0.39, 0.29) is 24.0 Å². The van der Waals surface area contributed by atoms with Crippen molar-refractivity contribution in [3.05, 3.63) is 24.2 Å². The molecule has 0 spiro atoms. The first-order valence-corrected chi connectivity index (χ1v) is 7.95. The van der Waals surface area contributed by atoms with Crippen LogP contribution < -0.4 is 5.32 Å². The maximum atomic E-state index is 5.64. The lowest BCUT2D eigenvalue weighted by atomic mass is 10.1. The average Bonchev–Trinajstić information content (AvgIpc) is 3.19. The summed E-state index contributed by atoms with van der Waals surface area (Å²) < 4.78 is 16.0. The highest BCUT2D eigenvalue weighted by molar-refractivity contribution is 14.0. The van der Waals surface area contributed by atoms with Crippen LogP contribution >= 0.6 is 24.0 Å². The zero-order valence-electron chi connectivity index (χ0n) is 14.0. The molecule has 1 N–H and O–H groups in total. The summed E-state index contributed by atoms with van der Waals surface area (Å²) in [7, 11) is 1.69. The van der Waals surface area contributed by atoms with Crippen LogP contribution in [-0.2, 0) is 16.0 Å². The Hall–Kier alpha value is -0.800. The van der Waals surface area contributed by atoms with E-state index in [1.165, 1.54) is 0 Å². The van der Waals surface area contributed by atoms with Gasteiger partial charge in [0.1, 0.15) is 12.3 Å². The fourth-order valence-corrected chi connectivity index (χ4v) is 2.53. The number of furan rings is 1. The minimum atomic E-state index is 0. The highest BCUT2D eigenvalue weighted by Gasteiger charge is 2.24. The molecule has 2 rings (SSSR count). The Morgan fingerprint density at radius 2 is 2.35 bits per heavy atom. The maximum Gasteiger partial charge on any atom is 0.194 e. The number of hydrogen-bond acceptors (Lipinski definition) is 4. The van der Waals surface area contributed by atoms with Crippen LogP contribution in [0.5, 0.6) is 0 Å². The van der Waals surface area contributed by atoms with E-state index >= 15 is 0 Å². The summed E-state index contributed by atoms with van der Waals surface area (Å²) in [5.41, 5.74) is 0. The molecule has 7 heteroatoms. The Morgan fingerprint density at radius 1 is 1.48 bits per heavy atom. The standard InChI is InChI=1S/C16H27N3O3.HI/c1-3-17-16(18-11-15-5-4-8-22-15)19-7-6-14(12-19)13-21-10-9-20-2;/h4-5,8,14H,3,6-7,9-13H2,1-2H3,(H,17,18);1H. The molecule has 1 aromatic heterocycles. The van der Waals surface area contributed by atoms with Crippen molar-refractivity contribution in [1.82, 2.24) is 10.2 Å². The van der Waals surface area contributed by atoms with Crippen molar-refractivity contribution in [2.45, 2.75) is 19.9 Å². The fraction of sp³-hybridized carbons (Fsp3) is 0.688. The Morgan fingerprint density at radius 3 is 3.04 bits per heavy atom. The molecule has 1 atom stereocenters. The fourth-order valence-electron chi connectivity index (χ4n) is 2.53. The number of guanidine groups is 1. The van der Waals surface area contributed by atoms with E-state index < -0.39 is 0 Å². The van der Waals surface area contributed by atoms with Crippen molar-refractivity contribution >= 4 is 29.9 Å². The topological polar surface area (TPSA) is 59.2 Å². The highest BCUT2D eigenvalue weighted by atomic mass is 127. The van der Waals surface area contributed by atoms with E-state index in [0.717, 1.165) is 44.4 Å². The summed E-state index contributed by atoms with van der Waals surface area (Å²) >= 11 is 0. The molecular weight excluding hydrogens is 409 g/mol. The molecule has 132 valence electrons. The predicted molar refractivity (Wildman–Crippen MR) is 101 cm³/mol. The SMILES string of the molecule is CCNC(=NCc1ccco1)N1CCC(COCCOC)C1.I. The van der Waals surface area contributed by atoms with Crippen LogP contribution in [0.15, 0.2) is 27.8 Å². The molecule has 2 heterocycles. The molecule has 23 heavy (non-hydrogen) atoms. The maximum absolute atomic E-state index is 5.64. The van der Waals surface area contributed by atoms with Gasteiger partial charge in [0.25, 0.3) is 0 Å². The molecule has 0 radical (unpaired) electrons. The van der Waals surface area contributed by atoms with Gasteiger partial charge in [-0.2, -0.15) is 0 Å². The van der Waals surface area contributed by atoms with E-state index in [4.69, 9.17) is 13.9 Å². The monoisotopic (exact) mass is 437 g/mol. The molecule has 0 aliphatic carbocycles. The van der Waals surface area contributed by atoms with Gasteiger partial charge in [0.15, 0.2) is 5.96 Å². The van der Waals surface area contributed by atoms with Crippen LogP contribution in [0.4, 0.5) is 0 Å². The molecule has 1 aromatic rings. The molecule has 1 aliphatic rings. The van der Waals surface area contributed by atoms with Gasteiger partial charge in [-0.1, -0.05) is 0 Å². The summed E-state index contributed by atoms with van der Waals surface area (Å²) in [6, 6.07) is 3.84. The average molecular weight is 437 g/mol. The number of methoxy groups -OCH3 is 1. The molecule has 0 saturated carbocycles. The quantitative estimate of drug-likeness (QED) is 0.293. The van der Waals surface area contributed by atoms with Gasteiger partial charge in [0, 0.05) is 32.7 Å². The molecule has 0 bridgehead atoms. The van der Waals surface area contributed by atoms with Gasteiger partial charge in [0.2, 0.25) is 0 Å². The Kier molecular flexibility index (Phi) is 10.3. The number of rotatable bonds is 8. The second kappa shape index (κ2) is 11.7. The third-order valence-electron chi connectivity index (χ3n) is 3.67. The van der Waals surface area contributed by atoms with Crippen molar-refractivity contribution in [2.75, 3.05) is 46.6 Å².